The van der Waals surface area contributed by atoms with Crippen LogP contribution in [0.3, 0.4) is 0 Å². The van der Waals surface area contributed by atoms with Crippen molar-refractivity contribution in [2.24, 2.45) is 5.92 Å². The summed E-state index contributed by atoms with van der Waals surface area (Å²) in [5.41, 5.74) is 0. The first-order valence-corrected chi connectivity index (χ1v) is 3.20. The fourth-order valence-corrected chi connectivity index (χ4v) is 1.04. The molecule has 1 N–H and O–H groups in total. The van der Waals surface area contributed by atoms with Crippen molar-refractivity contribution in [2.45, 2.75) is 25.8 Å². The summed E-state index contributed by atoms with van der Waals surface area (Å²) in [6.45, 7) is 1.65. The maximum atomic E-state index is 11.9. The molecule has 2 nitrogen and oxygen atoms in total. The first-order valence-electron chi connectivity index (χ1n) is 3.20. The Labute approximate surface area is 57.6 Å². The number of halogens is 2. The highest BCUT2D eigenvalue weighted by atomic mass is 19.3. The van der Waals surface area contributed by atoms with Gasteiger partial charge in [-0.25, -0.2) is 8.78 Å². The molecule has 1 heterocycles. The van der Waals surface area contributed by atoms with Gasteiger partial charge < -0.3 is 5.32 Å². The molecule has 1 fully saturated rings. The molecule has 10 heavy (non-hydrogen) atoms. The zero-order valence-electron chi connectivity index (χ0n) is 5.60. The Morgan fingerprint density at radius 1 is 1.70 bits per heavy atom. The Morgan fingerprint density at radius 2 is 2.30 bits per heavy atom. The second-order valence-electron chi connectivity index (χ2n) is 2.59. The van der Waals surface area contributed by atoms with Crippen molar-refractivity contribution in [3.8, 4) is 0 Å². The van der Waals surface area contributed by atoms with E-state index in [1.807, 2.05) is 0 Å². The van der Waals surface area contributed by atoms with Gasteiger partial charge in [0.1, 0.15) is 0 Å². The molecule has 0 spiro atoms. The molecule has 0 radical (unpaired) electrons. The van der Waals surface area contributed by atoms with Crippen molar-refractivity contribution >= 4 is 5.91 Å². The number of amides is 1. The molecule has 0 bridgehead atoms. The molecule has 4 heteroatoms. The van der Waals surface area contributed by atoms with Gasteiger partial charge in [0, 0.05) is 5.92 Å². The molecule has 2 unspecified atom stereocenters. The van der Waals surface area contributed by atoms with E-state index in [0.29, 0.717) is 0 Å². The third kappa shape index (κ3) is 1.25. The lowest BCUT2D eigenvalue weighted by molar-refractivity contribution is -0.122. The molecule has 0 saturated carbocycles. The molecule has 0 aromatic rings. The standard InChI is InChI=1S/C6H9F2NO/c1-3-2-4(5(7)8)9-6(3)10/h3-5H,2H2,1H3,(H,9,10). The SMILES string of the molecule is CC1CC(C(F)F)NC1=O. The zero-order chi connectivity index (χ0) is 7.72. The van der Waals surface area contributed by atoms with Crippen LogP contribution in [0.15, 0.2) is 0 Å². The van der Waals surface area contributed by atoms with E-state index in [1.54, 1.807) is 6.92 Å². The van der Waals surface area contributed by atoms with E-state index >= 15 is 0 Å². The minimum atomic E-state index is -2.42. The van der Waals surface area contributed by atoms with Crippen molar-refractivity contribution in [2.75, 3.05) is 0 Å². The van der Waals surface area contributed by atoms with Crippen LogP contribution in [0.5, 0.6) is 0 Å². The summed E-state index contributed by atoms with van der Waals surface area (Å²) >= 11 is 0. The van der Waals surface area contributed by atoms with Gasteiger partial charge in [-0.3, -0.25) is 4.79 Å². The van der Waals surface area contributed by atoms with E-state index in [4.69, 9.17) is 0 Å². The van der Waals surface area contributed by atoms with Gasteiger partial charge in [0.2, 0.25) is 5.91 Å². The summed E-state index contributed by atoms with van der Waals surface area (Å²) in [5.74, 6) is -0.510. The van der Waals surface area contributed by atoms with Crippen molar-refractivity contribution < 1.29 is 13.6 Å². The zero-order valence-corrected chi connectivity index (χ0v) is 5.60. The monoisotopic (exact) mass is 149 g/mol. The Kier molecular flexibility index (Phi) is 1.87. The Bertz CT molecular complexity index is 149. The van der Waals surface area contributed by atoms with E-state index in [-0.39, 0.29) is 18.2 Å². The molecule has 1 amide bonds. The summed E-state index contributed by atoms with van der Waals surface area (Å²) in [6.07, 6.45) is -2.16. The third-order valence-corrected chi connectivity index (χ3v) is 1.69. The van der Waals surface area contributed by atoms with Crippen molar-refractivity contribution in [3.05, 3.63) is 0 Å². The summed E-state index contributed by atoms with van der Waals surface area (Å²) in [4.78, 5) is 10.6. The summed E-state index contributed by atoms with van der Waals surface area (Å²) in [6, 6.07) is -0.914. The number of hydrogen-bond donors (Lipinski definition) is 1. The van der Waals surface area contributed by atoms with Crippen molar-refractivity contribution in [1.82, 2.24) is 5.32 Å². The molecule has 0 aromatic carbocycles. The predicted molar refractivity (Wildman–Crippen MR) is 31.7 cm³/mol. The Morgan fingerprint density at radius 3 is 2.50 bits per heavy atom. The van der Waals surface area contributed by atoms with Gasteiger partial charge in [-0.15, -0.1) is 0 Å². The molecule has 58 valence electrons. The number of nitrogens with one attached hydrogen (secondary N) is 1. The number of rotatable bonds is 1. The average molecular weight is 149 g/mol. The lowest BCUT2D eigenvalue weighted by atomic mass is 10.1. The molecule has 1 saturated heterocycles. The largest absolute Gasteiger partial charge is 0.347 e. The van der Waals surface area contributed by atoms with Gasteiger partial charge in [-0.2, -0.15) is 0 Å². The topological polar surface area (TPSA) is 29.1 Å². The molecule has 0 aliphatic carbocycles. The quantitative estimate of drug-likeness (QED) is 0.586. The van der Waals surface area contributed by atoms with Crippen molar-refractivity contribution in [1.29, 1.82) is 0 Å². The normalized spacial score (nSPS) is 33.0. The van der Waals surface area contributed by atoms with Crippen LogP contribution in [0.2, 0.25) is 0 Å². The first-order chi connectivity index (χ1) is 4.61. The minimum Gasteiger partial charge on any atom is -0.347 e. The first kappa shape index (κ1) is 7.44. The second-order valence-corrected chi connectivity index (χ2v) is 2.59. The van der Waals surface area contributed by atoms with Gasteiger partial charge >= 0.3 is 0 Å². The number of carbonyl (C=O) groups is 1. The highest BCUT2D eigenvalue weighted by Crippen LogP contribution is 2.18. The van der Waals surface area contributed by atoms with Gasteiger partial charge in [0.15, 0.2) is 0 Å². The van der Waals surface area contributed by atoms with E-state index in [0.717, 1.165) is 0 Å². The van der Waals surface area contributed by atoms with E-state index in [9.17, 15) is 13.6 Å². The lowest BCUT2D eigenvalue weighted by Crippen LogP contribution is -2.31. The van der Waals surface area contributed by atoms with Crippen LogP contribution in [0.1, 0.15) is 13.3 Å². The van der Waals surface area contributed by atoms with E-state index in [2.05, 4.69) is 5.32 Å². The van der Waals surface area contributed by atoms with Crippen LogP contribution >= 0.6 is 0 Å². The van der Waals surface area contributed by atoms with Crippen LogP contribution in [-0.2, 0) is 4.79 Å². The van der Waals surface area contributed by atoms with Gasteiger partial charge in [-0.05, 0) is 6.42 Å². The highest BCUT2D eigenvalue weighted by molar-refractivity contribution is 5.80. The Balaban J connectivity index is 2.49. The minimum absolute atomic E-state index is 0.251. The maximum Gasteiger partial charge on any atom is 0.258 e. The Hall–Kier alpha value is -0.670. The van der Waals surface area contributed by atoms with Crippen LogP contribution < -0.4 is 5.32 Å². The summed E-state index contributed by atoms with van der Waals surface area (Å²) in [7, 11) is 0. The molecule has 1 rings (SSSR count). The lowest BCUT2D eigenvalue weighted by Gasteiger charge is -2.05. The second kappa shape index (κ2) is 2.52. The fourth-order valence-electron chi connectivity index (χ4n) is 1.04. The van der Waals surface area contributed by atoms with E-state index < -0.39 is 12.5 Å². The number of hydrogen-bond acceptors (Lipinski definition) is 1. The number of alkyl halides is 2. The molecule has 1 aliphatic heterocycles. The maximum absolute atomic E-state index is 11.9. The van der Waals surface area contributed by atoms with Crippen LogP contribution in [0.25, 0.3) is 0 Å². The smallest absolute Gasteiger partial charge is 0.258 e. The average Bonchev–Trinajstić information content (AvgIpc) is 2.13. The molecule has 2 atom stereocenters. The summed E-state index contributed by atoms with van der Waals surface area (Å²) in [5, 5.41) is 2.21. The third-order valence-electron chi connectivity index (χ3n) is 1.69. The molecule has 1 aliphatic rings. The van der Waals surface area contributed by atoms with Gasteiger partial charge in [-0.1, -0.05) is 6.92 Å². The number of carbonyl (C=O) groups excluding carboxylic acids is 1. The van der Waals surface area contributed by atoms with Crippen LogP contribution in [0.4, 0.5) is 8.78 Å². The predicted octanol–water partition coefficient (Wildman–Crippen LogP) is 0.776. The van der Waals surface area contributed by atoms with Crippen LogP contribution in [-0.4, -0.2) is 18.4 Å². The van der Waals surface area contributed by atoms with E-state index in [1.165, 1.54) is 0 Å². The molecule has 0 aromatic heterocycles. The highest BCUT2D eigenvalue weighted by Gasteiger charge is 2.33. The van der Waals surface area contributed by atoms with Gasteiger partial charge in [0.05, 0.1) is 6.04 Å². The van der Waals surface area contributed by atoms with Crippen LogP contribution in [0, 0.1) is 5.92 Å². The van der Waals surface area contributed by atoms with Crippen molar-refractivity contribution in [3.63, 3.8) is 0 Å². The molecular weight excluding hydrogens is 140 g/mol. The summed E-state index contributed by atoms with van der Waals surface area (Å²) < 4.78 is 23.7. The van der Waals surface area contributed by atoms with Gasteiger partial charge in [0.25, 0.3) is 6.43 Å². The molecular formula is C6H9F2NO. The fraction of sp³-hybridized carbons (Fsp3) is 0.833.